The Morgan fingerprint density at radius 3 is 2.91 bits per heavy atom. The number of hydrogen-bond acceptors (Lipinski definition) is 7. The Bertz CT molecular complexity index is 688. The van der Waals surface area contributed by atoms with Gasteiger partial charge in [-0.2, -0.15) is 0 Å². The molecule has 118 valence electrons. The predicted molar refractivity (Wildman–Crippen MR) is 79.6 cm³/mol. The third-order valence-electron chi connectivity index (χ3n) is 4.00. The molecule has 5 atom stereocenters. The summed E-state index contributed by atoms with van der Waals surface area (Å²) in [5.41, 5.74) is 6.65. The number of imidazole rings is 1. The second-order valence-electron chi connectivity index (χ2n) is 5.58. The van der Waals surface area contributed by atoms with Crippen LogP contribution in [0.3, 0.4) is 0 Å². The summed E-state index contributed by atoms with van der Waals surface area (Å²) in [6.07, 6.45) is 1.86. The molecule has 1 aliphatic heterocycles. The Morgan fingerprint density at radius 2 is 2.18 bits per heavy atom. The van der Waals surface area contributed by atoms with Crippen LogP contribution < -0.4 is 5.73 Å². The molecule has 8 nitrogen and oxygen atoms in total. The van der Waals surface area contributed by atoms with E-state index in [1.54, 1.807) is 10.6 Å². The van der Waals surface area contributed by atoms with Gasteiger partial charge in [-0.15, -0.1) is 6.58 Å². The van der Waals surface area contributed by atoms with E-state index in [2.05, 4.69) is 21.5 Å². The van der Waals surface area contributed by atoms with Crippen LogP contribution in [-0.2, 0) is 4.74 Å². The average molecular weight is 305 g/mol. The van der Waals surface area contributed by atoms with Crippen LogP contribution in [0.1, 0.15) is 19.6 Å². The first-order chi connectivity index (χ1) is 10.5. The second kappa shape index (κ2) is 5.64. The Labute approximate surface area is 127 Å². The minimum absolute atomic E-state index is 0.170. The van der Waals surface area contributed by atoms with Gasteiger partial charge < -0.3 is 20.7 Å². The van der Waals surface area contributed by atoms with E-state index in [0.29, 0.717) is 17.6 Å². The number of nitrogen functional groups attached to an aromatic ring is 1. The van der Waals surface area contributed by atoms with E-state index in [1.807, 2.05) is 6.92 Å². The molecule has 0 radical (unpaired) electrons. The van der Waals surface area contributed by atoms with Gasteiger partial charge in [-0.25, -0.2) is 15.0 Å². The molecule has 0 saturated carbocycles. The van der Waals surface area contributed by atoms with Crippen molar-refractivity contribution >= 4 is 17.0 Å². The highest BCUT2D eigenvalue weighted by Gasteiger charge is 2.44. The number of nitrogens with two attached hydrogens (primary N) is 1. The van der Waals surface area contributed by atoms with E-state index < -0.39 is 24.5 Å². The fourth-order valence-corrected chi connectivity index (χ4v) is 2.67. The Kier molecular flexibility index (Phi) is 3.81. The number of aliphatic hydroxyl groups excluding tert-OH is 2. The van der Waals surface area contributed by atoms with Gasteiger partial charge in [-0.05, 0) is 12.3 Å². The molecule has 1 saturated heterocycles. The standard InChI is InChI=1S/C14H19N5O3/c1-3-7(2)4-8-10(20)11(21)14(22-8)19-6-18-9-12(15)16-5-17-13(9)19/h3,5-8,10-11,14,20-21H,1,4H2,2H3,(H2,15,16,17)/t7?,8-,10?,11+,14-/m1/s1. The van der Waals surface area contributed by atoms with E-state index in [1.165, 1.54) is 12.7 Å². The number of rotatable bonds is 4. The minimum Gasteiger partial charge on any atom is -0.388 e. The molecule has 4 N–H and O–H groups in total. The lowest BCUT2D eigenvalue weighted by molar-refractivity contribution is -0.0392. The molecule has 8 heteroatoms. The number of aromatic nitrogens is 4. The molecule has 2 aromatic rings. The van der Waals surface area contributed by atoms with Gasteiger partial charge >= 0.3 is 0 Å². The van der Waals surface area contributed by atoms with Crippen LogP contribution in [0.4, 0.5) is 5.82 Å². The first kappa shape index (κ1) is 14.9. The van der Waals surface area contributed by atoms with Gasteiger partial charge in [0.05, 0.1) is 12.4 Å². The lowest BCUT2D eigenvalue weighted by atomic mass is 9.99. The molecule has 0 bridgehead atoms. The Balaban J connectivity index is 1.91. The van der Waals surface area contributed by atoms with Crippen LogP contribution in [0.25, 0.3) is 11.2 Å². The van der Waals surface area contributed by atoms with Crippen LogP contribution in [-0.4, -0.2) is 48.0 Å². The zero-order valence-electron chi connectivity index (χ0n) is 12.2. The quantitative estimate of drug-likeness (QED) is 0.692. The SMILES string of the molecule is C=CC(C)C[C@H]1O[C@@H](n2cnc3c(N)ncnc32)[C@@H](O)C1O. The van der Waals surface area contributed by atoms with Crippen LogP contribution in [0.5, 0.6) is 0 Å². The van der Waals surface area contributed by atoms with Crippen LogP contribution in [0.15, 0.2) is 25.3 Å². The van der Waals surface area contributed by atoms with Crippen molar-refractivity contribution in [2.24, 2.45) is 5.92 Å². The molecule has 0 aromatic carbocycles. The van der Waals surface area contributed by atoms with Crippen molar-refractivity contribution in [1.82, 2.24) is 19.5 Å². The largest absolute Gasteiger partial charge is 0.388 e. The maximum Gasteiger partial charge on any atom is 0.167 e. The third kappa shape index (κ3) is 2.35. The van der Waals surface area contributed by atoms with Crippen molar-refractivity contribution < 1.29 is 14.9 Å². The lowest BCUT2D eigenvalue weighted by Gasteiger charge is -2.17. The normalized spacial score (nSPS) is 29.8. The first-order valence-corrected chi connectivity index (χ1v) is 7.10. The number of hydrogen-bond donors (Lipinski definition) is 3. The van der Waals surface area contributed by atoms with Crippen LogP contribution in [0, 0.1) is 5.92 Å². The number of fused-ring (bicyclic) bond motifs is 1. The molecule has 3 heterocycles. The summed E-state index contributed by atoms with van der Waals surface area (Å²) in [6, 6.07) is 0. The fraction of sp³-hybridized carbons (Fsp3) is 0.500. The molecule has 0 amide bonds. The number of anilines is 1. The second-order valence-corrected chi connectivity index (χ2v) is 5.58. The van der Waals surface area contributed by atoms with E-state index in [-0.39, 0.29) is 11.7 Å². The zero-order valence-corrected chi connectivity index (χ0v) is 12.2. The Hall–Kier alpha value is -2.03. The topological polar surface area (TPSA) is 119 Å². The molecule has 2 aromatic heterocycles. The molecule has 2 unspecified atom stereocenters. The van der Waals surface area contributed by atoms with Gasteiger partial charge in [-0.1, -0.05) is 13.0 Å². The van der Waals surface area contributed by atoms with E-state index in [4.69, 9.17) is 10.5 Å². The summed E-state index contributed by atoms with van der Waals surface area (Å²) in [7, 11) is 0. The molecule has 1 fully saturated rings. The predicted octanol–water partition coefficient (Wildman–Crippen LogP) is 0.240. The summed E-state index contributed by atoms with van der Waals surface area (Å²) in [5, 5.41) is 20.5. The van der Waals surface area contributed by atoms with Crippen molar-refractivity contribution in [2.75, 3.05) is 5.73 Å². The van der Waals surface area contributed by atoms with Crippen molar-refractivity contribution in [3.8, 4) is 0 Å². The van der Waals surface area contributed by atoms with Gasteiger partial charge in [0.2, 0.25) is 0 Å². The van der Waals surface area contributed by atoms with Crippen LogP contribution in [0.2, 0.25) is 0 Å². The van der Waals surface area contributed by atoms with E-state index >= 15 is 0 Å². The van der Waals surface area contributed by atoms with Gasteiger partial charge in [0, 0.05) is 0 Å². The van der Waals surface area contributed by atoms with E-state index in [9.17, 15) is 10.2 Å². The maximum atomic E-state index is 10.3. The van der Waals surface area contributed by atoms with Crippen molar-refractivity contribution in [1.29, 1.82) is 0 Å². The van der Waals surface area contributed by atoms with Crippen molar-refractivity contribution in [3.05, 3.63) is 25.3 Å². The number of aliphatic hydroxyl groups is 2. The van der Waals surface area contributed by atoms with Gasteiger partial charge in [0.1, 0.15) is 24.1 Å². The number of allylic oxidation sites excluding steroid dienone is 1. The highest BCUT2D eigenvalue weighted by molar-refractivity contribution is 5.81. The summed E-state index contributed by atoms with van der Waals surface area (Å²) < 4.78 is 7.39. The number of ether oxygens (including phenoxy) is 1. The average Bonchev–Trinajstić information content (AvgIpc) is 3.05. The van der Waals surface area contributed by atoms with Crippen molar-refractivity contribution in [3.63, 3.8) is 0 Å². The summed E-state index contributed by atoms with van der Waals surface area (Å²) in [4.78, 5) is 12.2. The van der Waals surface area contributed by atoms with E-state index in [0.717, 1.165) is 0 Å². The lowest BCUT2D eigenvalue weighted by Crippen LogP contribution is -2.32. The maximum absolute atomic E-state index is 10.3. The molecule has 22 heavy (non-hydrogen) atoms. The first-order valence-electron chi connectivity index (χ1n) is 7.10. The van der Waals surface area contributed by atoms with Gasteiger partial charge in [-0.3, -0.25) is 4.57 Å². The highest BCUT2D eigenvalue weighted by Crippen LogP contribution is 2.34. The minimum atomic E-state index is -1.07. The molecule has 3 rings (SSSR count). The third-order valence-corrected chi connectivity index (χ3v) is 4.00. The smallest absolute Gasteiger partial charge is 0.167 e. The summed E-state index contributed by atoms with van der Waals surface area (Å²) in [5.74, 6) is 0.428. The highest BCUT2D eigenvalue weighted by atomic mass is 16.6. The van der Waals surface area contributed by atoms with Crippen molar-refractivity contribution in [2.45, 2.75) is 37.9 Å². The molecule has 0 aliphatic carbocycles. The molecular formula is C14H19N5O3. The number of nitrogens with zero attached hydrogens (tertiary/aromatic N) is 4. The van der Waals surface area contributed by atoms with Crippen LogP contribution >= 0.6 is 0 Å². The Morgan fingerprint density at radius 1 is 1.41 bits per heavy atom. The fourth-order valence-electron chi connectivity index (χ4n) is 2.67. The molecule has 0 spiro atoms. The molecular weight excluding hydrogens is 286 g/mol. The summed E-state index contributed by atoms with van der Waals surface area (Å²) in [6.45, 7) is 5.70. The monoisotopic (exact) mass is 305 g/mol. The zero-order chi connectivity index (χ0) is 15.9. The van der Waals surface area contributed by atoms with Gasteiger partial charge in [0.25, 0.3) is 0 Å². The van der Waals surface area contributed by atoms with Gasteiger partial charge in [0.15, 0.2) is 17.7 Å². The molecule has 1 aliphatic rings. The summed E-state index contributed by atoms with van der Waals surface area (Å²) >= 11 is 0.